The molecule has 5 heteroatoms. The van der Waals surface area contributed by atoms with E-state index >= 15 is 0 Å². The highest BCUT2D eigenvalue weighted by molar-refractivity contribution is 14.1. The van der Waals surface area contributed by atoms with Crippen molar-refractivity contribution in [3.63, 3.8) is 0 Å². The fourth-order valence-corrected chi connectivity index (χ4v) is 3.36. The van der Waals surface area contributed by atoms with Crippen molar-refractivity contribution in [3.8, 4) is 0 Å². The quantitative estimate of drug-likeness (QED) is 0.510. The van der Waals surface area contributed by atoms with E-state index in [4.69, 9.17) is 0 Å². The predicted molar refractivity (Wildman–Crippen MR) is 79.2 cm³/mol. The third-order valence-electron chi connectivity index (χ3n) is 2.65. The van der Waals surface area contributed by atoms with Gasteiger partial charge in [-0.1, -0.05) is 60.7 Å². The molecule has 0 unspecified atom stereocenters. The number of hydrogen-bond acceptors (Lipinski definition) is 2. The lowest BCUT2D eigenvalue weighted by Gasteiger charge is -2.25. The van der Waals surface area contributed by atoms with Gasteiger partial charge in [0, 0.05) is 0 Å². The summed E-state index contributed by atoms with van der Waals surface area (Å²) in [7, 11) is -4.28. The van der Waals surface area contributed by atoms with Crippen LogP contribution in [0.15, 0.2) is 60.7 Å². The number of benzene rings is 2. The summed E-state index contributed by atoms with van der Waals surface area (Å²) >= 11 is 1.78. The summed E-state index contributed by atoms with van der Waals surface area (Å²) in [6.45, 7) is 0. The Hall–Kier alpha value is -0.920. The fraction of sp³-hybridized carbons (Fsp3) is 0.0769. The van der Waals surface area contributed by atoms with Gasteiger partial charge in [-0.05, 0) is 33.7 Å². The Morgan fingerprint density at radius 2 is 1.17 bits per heavy atom. The maximum absolute atomic E-state index is 11.8. The molecule has 0 aliphatic rings. The van der Waals surface area contributed by atoms with Crippen LogP contribution in [0.1, 0.15) is 11.1 Å². The van der Waals surface area contributed by atoms with Gasteiger partial charge < -0.3 is 0 Å². The molecule has 0 aliphatic heterocycles. The molecule has 2 rings (SSSR count). The van der Waals surface area contributed by atoms with Crippen molar-refractivity contribution in [1.82, 2.24) is 0 Å². The second-order valence-corrected chi connectivity index (χ2v) is 7.72. The SMILES string of the molecule is O=S(=O)(O)C(I)(c1ccccc1)c1ccccc1. The lowest BCUT2D eigenvalue weighted by molar-refractivity contribution is 0.473. The van der Waals surface area contributed by atoms with Crippen LogP contribution in [-0.4, -0.2) is 13.0 Å². The van der Waals surface area contributed by atoms with Gasteiger partial charge in [0.25, 0.3) is 10.1 Å². The molecule has 0 fully saturated rings. The summed E-state index contributed by atoms with van der Waals surface area (Å²) in [6.07, 6.45) is 0. The minimum atomic E-state index is -4.28. The average molecular weight is 374 g/mol. The van der Waals surface area contributed by atoms with Gasteiger partial charge in [0.1, 0.15) is 0 Å². The first kappa shape index (κ1) is 13.5. The summed E-state index contributed by atoms with van der Waals surface area (Å²) < 4.78 is 31.7. The van der Waals surface area contributed by atoms with Gasteiger partial charge in [-0.3, -0.25) is 4.55 Å². The van der Waals surface area contributed by atoms with E-state index in [9.17, 15) is 13.0 Å². The van der Waals surface area contributed by atoms with Crippen molar-refractivity contribution in [2.45, 2.75) is 2.75 Å². The van der Waals surface area contributed by atoms with E-state index < -0.39 is 12.9 Å². The first-order chi connectivity index (χ1) is 8.46. The second kappa shape index (κ2) is 4.99. The van der Waals surface area contributed by atoms with Gasteiger partial charge in [0.2, 0.25) is 0 Å². The maximum Gasteiger partial charge on any atom is 0.288 e. The van der Waals surface area contributed by atoms with E-state index in [0.29, 0.717) is 11.1 Å². The summed E-state index contributed by atoms with van der Waals surface area (Å²) in [5.41, 5.74) is 1.05. The van der Waals surface area contributed by atoms with E-state index in [1.54, 1.807) is 83.3 Å². The summed E-state index contributed by atoms with van der Waals surface area (Å²) in [5.74, 6) is 0. The maximum atomic E-state index is 11.8. The molecule has 0 atom stereocenters. The number of halogens is 1. The van der Waals surface area contributed by atoms with Crippen molar-refractivity contribution >= 4 is 32.7 Å². The number of alkyl halides is 1. The Morgan fingerprint density at radius 1 is 0.833 bits per heavy atom. The van der Waals surface area contributed by atoms with Gasteiger partial charge in [-0.25, -0.2) is 0 Å². The molecule has 94 valence electrons. The Labute approximate surface area is 120 Å². The average Bonchev–Trinajstić information content (AvgIpc) is 2.38. The zero-order valence-corrected chi connectivity index (χ0v) is 12.3. The van der Waals surface area contributed by atoms with Crippen LogP contribution in [0, 0.1) is 0 Å². The van der Waals surface area contributed by atoms with Gasteiger partial charge in [-0.2, -0.15) is 8.42 Å². The lowest BCUT2D eigenvalue weighted by atomic mass is 10.0. The van der Waals surface area contributed by atoms with Crippen molar-refractivity contribution in [2.75, 3.05) is 0 Å². The van der Waals surface area contributed by atoms with E-state index in [0.717, 1.165) is 0 Å². The molecule has 0 radical (unpaired) electrons. The highest BCUT2D eigenvalue weighted by Crippen LogP contribution is 2.43. The molecule has 2 aromatic rings. The first-order valence-corrected chi connectivity index (χ1v) is 7.75. The third kappa shape index (κ3) is 2.30. The smallest absolute Gasteiger partial charge is 0.284 e. The highest BCUT2D eigenvalue weighted by Gasteiger charge is 2.43. The van der Waals surface area contributed by atoms with Gasteiger partial charge in [0.15, 0.2) is 2.75 Å². The van der Waals surface area contributed by atoms with Crippen LogP contribution in [0.25, 0.3) is 0 Å². The van der Waals surface area contributed by atoms with E-state index in [-0.39, 0.29) is 0 Å². The standard InChI is InChI=1S/C13H11IO3S/c14-13(18(15,16)17,11-7-3-1-4-8-11)12-9-5-2-6-10-12/h1-10H,(H,15,16,17). The molecule has 0 saturated heterocycles. The van der Waals surface area contributed by atoms with Crippen LogP contribution in [-0.2, 0) is 12.9 Å². The molecule has 3 nitrogen and oxygen atoms in total. The molecule has 18 heavy (non-hydrogen) atoms. The number of hydrogen-bond donors (Lipinski definition) is 1. The molecular formula is C13H11IO3S. The summed E-state index contributed by atoms with van der Waals surface area (Å²) in [5, 5.41) is 0. The topological polar surface area (TPSA) is 54.4 Å². The lowest BCUT2D eigenvalue weighted by Crippen LogP contribution is -2.30. The highest BCUT2D eigenvalue weighted by atomic mass is 127. The molecule has 0 saturated carbocycles. The van der Waals surface area contributed by atoms with E-state index in [1.807, 2.05) is 0 Å². The minimum Gasteiger partial charge on any atom is -0.284 e. The molecule has 0 spiro atoms. The zero-order valence-electron chi connectivity index (χ0n) is 9.32. The fourth-order valence-electron chi connectivity index (χ4n) is 1.77. The van der Waals surface area contributed by atoms with Crippen LogP contribution in [0.5, 0.6) is 0 Å². The van der Waals surface area contributed by atoms with Crippen LogP contribution in [0.3, 0.4) is 0 Å². The molecule has 0 aliphatic carbocycles. The normalized spacial score (nSPS) is 12.3. The Kier molecular flexibility index (Phi) is 3.74. The van der Waals surface area contributed by atoms with Gasteiger partial charge in [-0.15, -0.1) is 0 Å². The van der Waals surface area contributed by atoms with Gasteiger partial charge in [0.05, 0.1) is 0 Å². The third-order valence-corrected chi connectivity index (χ3v) is 6.74. The Bertz CT molecular complexity index is 584. The van der Waals surface area contributed by atoms with E-state index in [2.05, 4.69) is 0 Å². The number of rotatable bonds is 3. The van der Waals surface area contributed by atoms with Crippen LogP contribution in [0.2, 0.25) is 0 Å². The molecular weight excluding hydrogens is 363 g/mol. The molecule has 0 amide bonds. The van der Waals surface area contributed by atoms with Crippen LogP contribution in [0.4, 0.5) is 0 Å². The molecule has 0 aromatic heterocycles. The second-order valence-electron chi connectivity index (χ2n) is 3.80. The minimum absolute atomic E-state index is 0.527. The van der Waals surface area contributed by atoms with Crippen LogP contribution < -0.4 is 0 Å². The zero-order chi connectivity index (χ0) is 13.2. The Morgan fingerprint density at radius 3 is 1.44 bits per heavy atom. The Balaban J connectivity index is 2.72. The van der Waals surface area contributed by atoms with Crippen molar-refractivity contribution < 1.29 is 13.0 Å². The largest absolute Gasteiger partial charge is 0.288 e. The summed E-state index contributed by atoms with van der Waals surface area (Å²) in [6, 6.07) is 17.3. The van der Waals surface area contributed by atoms with E-state index in [1.165, 1.54) is 0 Å². The first-order valence-electron chi connectivity index (χ1n) is 5.23. The molecule has 0 heterocycles. The monoisotopic (exact) mass is 374 g/mol. The van der Waals surface area contributed by atoms with Crippen LogP contribution >= 0.6 is 22.6 Å². The molecule has 2 aromatic carbocycles. The molecule has 1 N–H and O–H groups in total. The predicted octanol–water partition coefficient (Wildman–Crippen LogP) is 3.21. The van der Waals surface area contributed by atoms with Crippen molar-refractivity contribution in [2.24, 2.45) is 0 Å². The van der Waals surface area contributed by atoms with Gasteiger partial charge >= 0.3 is 0 Å². The summed E-state index contributed by atoms with van der Waals surface area (Å²) in [4.78, 5) is 0. The van der Waals surface area contributed by atoms with Crippen molar-refractivity contribution in [1.29, 1.82) is 0 Å². The molecule has 0 bridgehead atoms. The van der Waals surface area contributed by atoms with Crippen molar-refractivity contribution in [3.05, 3.63) is 71.8 Å².